The van der Waals surface area contributed by atoms with E-state index in [4.69, 9.17) is 4.74 Å². The fourth-order valence-corrected chi connectivity index (χ4v) is 3.67. The summed E-state index contributed by atoms with van der Waals surface area (Å²) in [4.78, 5) is 42.3. The number of benzene rings is 1. The zero-order valence-electron chi connectivity index (χ0n) is 16.3. The summed E-state index contributed by atoms with van der Waals surface area (Å²) < 4.78 is 19.6. The first-order valence-corrected chi connectivity index (χ1v) is 9.58. The Hall–Kier alpha value is -2.64. The van der Waals surface area contributed by atoms with Crippen LogP contribution in [0, 0.1) is 5.82 Å². The number of carbonyl (C=O) groups excluding carboxylic acids is 3. The van der Waals surface area contributed by atoms with Crippen LogP contribution in [0.4, 0.5) is 4.39 Å². The highest BCUT2D eigenvalue weighted by atomic mass is 19.1. The van der Waals surface area contributed by atoms with E-state index in [0.29, 0.717) is 25.3 Å². The molecule has 0 spiro atoms. The summed E-state index contributed by atoms with van der Waals surface area (Å²) in [6.45, 7) is 1.22. The molecule has 2 aliphatic rings. The molecule has 1 atom stereocenters. The normalized spacial score (nSPS) is 22.3. The van der Waals surface area contributed by atoms with Crippen LogP contribution in [0.3, 0.4) is 0 Å². The number of amides is 3. The van der Waals surface area contributed by atoms with Crippen LogP contribution in [0.15, 0.2) is 18.2 Å². The first kappa shape index (κ1) is 20.1. The zero-order chi connectivity index (χ0) is 20.3. The molecular formula is C20H26FN3O4. The highest BCUT2D eigenvalue weighted by Gasteiger charge is 2.31. The van der Waals surface area contributed by atoms with Gasteiger partial charge < -0.3 is 19.4 Å². The molecule has 3 rings (SSSR count). The maximum Gasteiger partial charge on any atom is 0.257 e. The molecule has 3 amide bonds. The molecule has 28 heavy (non-hydrogen) atoms. The van der Waals surface area contributed by atoms with Crippen molar-refractivity contribution >= 4 is 17.7 Å². The van der Waals surface area contributed by atoms with Gasteiger partial charge in [0.1, 0.15) is 18.2 Å². The number of hydrogen-bond acceptors (Lipinski definition) is 4. The predicted octanol–water partition coefficient (Wildman–Crippen LogP) is 1.52. The quantitative estimate of drug-likeness (QED) is 0.672. The Morgan fingerprint density at radius 2 is 1.82 bits per heavy atom. The van der Waals surface area contributed by atoms with Crippen LogP contribution in [-0.4, -0.2) is 78.8 Å². The first-order valence-electron chi connectivity index (χ1n) is 9.58. The molecule has 2 aliphatic heterocycles. The number of ether oxygens (including phenoxy) is 1. The lowest BCUT2D eigenvalue weighted by atomic mass is 10.1. The Labute approximate surface area is 164 Å². The summed E-state index contributed by atoms with van der Waals surface area (Å²) in [5.74, 6) is -0.812. The third-order valence-corrected chi connectivity index (χ3v) is 5.33. The summed E-state index contributed by atoms with van der Waals surface area (Å²) in [5.41, 5.74) is 0.150. The average molecular weight is 391 g/mol. The molecule has 8 heteroatoms. The van der Waals surface area contributed by atoms with Gasteiger partial charge in [-0.1, -0.05) is 0 Å². The fourth-order valence-electron chi connectivity index (χ4n) is 3.67. The van der Waals surface area contributed by atoms with Crippen LogP contribution in [0.5, 0.6) is 5.75 Å². The summed E-state index contributed by atoms with van der Waals surface area (Å²) in [7, 11) is 3.24. The second kappa shape index (κ2) is 8.58. The van der Waals surface area contributed by atoms with Gasteiger partial charge in [0.2, 0.25) is 11.8 Å². The fraction of sp³-hybridized carbons (Fsp3) is 0.550. The number of hydrogen-bond donors (Lipinski definition) is 0. The number of fused-ring (bicyclic) bond motifs is 2. The molecule has 1 saturated heterocycles. The van der Waals surface area contributed by atoms with Gasteiger partial charge in [0.25, 0.3) is 5.91 Å². The summed E-state index contributed by atoms with van der Waals surface area (Å²) in [5, 5.41) is 0. The van der Waals surface area contributed by atoms with Gasteiger partial charge in [0, 0.05) is 33.6 Å². The van der Waals surface area contributed by atoms with Gasteiger partial charge in [-0.25, -0.2) is 4.39 Å². The number of likely N-dealkylation sites (N-methyl/N-ethyl adjacent to an activating group) is 1. The standard InChI is InChI=1S/C20H26FN3O4/c1-22-9-4-6-18(25)23(2)12-19(26)24-10-3-5-15(24)13-28-17-8-7-14(21)11-16(17)20(22)27/h7-8,11,15H,3-6,9-10,12-13H2,1-2H3. The summed E-state index contributed by atoms with van der Waals surface area (Å²) >= 11 is 0. The number of nitrogens with zero attached hydrogens (tertiary/aromatic N) is 3. The molecular weight excluding hydrogens is 365 g/mol. The molecule has 1 fully saturated rings. The third-order valence-electron chi connectivity index (χ3n) is 5.33. The lowest BCUT2D eigenvalue weighted by molar-refractivity contribution is -0.140. The van der Waals surface area contributed by atoms with Crippen molar-refractivity contribution in [3.63, 3.8) is 0 Å². The minimum Gasteiger partial charge on any atom is -0.491 e. The van der Waals surface area contributed by atoms with Crippen LogP contribution < -0.4 is 4.74 Å². The smallest absolute Gasteiger partial charge is 0.257 e. The lowest BCUT2D eigenvalue weighted by Crippen LogP contribution is -2.45. The molecule has 0 N–H and O–H groups in total. The van der Waals surface area contributed by atoms with Crippen molar-refractivity contribution in [2.24, 2.45) is 0 Å². The van der Waals surface area contributed by atoms with Crippen LogP contribution in [-0.2, 0) is 9.59 Å². The van der Waals surface area contributed by atoms with Crippen molar-refractivity contribution in [2.75, 3.05) is 40.3 Å². The predicted molar refractivity (Wildman–Crippen MR) is 100 cm³/mol. The van der Waals surface area contributed by atoms with E-state index in [0.717, 1.165) is 12.8 Å². The van der Waals surface area contributed by atoms with E-state index < -0.39 is 5.82 Å². The first-order chi connectivity index (χ1) is 13.4. The van der Waals surface area contributed by atoms with Crippen LogP contribution in [0.1, 0.15) is 36.0 Å². The minimum atomic E-state index is -0.517. The molecule has 1 unspecified atom stereocenters. The Morgan fingerprint density at radius 3 is 2.61 bits per heavy atom. The SMILES string of the molecule is CN1CC(=O)N2CCCC2COc2ccc(F)cc2C(=O)N(C)CCCC1=O. The molecule has 7 nitrogen and oxygen atoms in total. The van der Waals surface area contributed by atoms with Crippen molar-refractivity contribution in [2.45, 2.75) is 31.7 Å². The van der Waals surface area contributed by atoms with E-state index in [1.54, 1.807) is 19.0 Å². The van der Waals surface area contributed by atoms with Crippen molar-refractivity contribution in [1.29, 1.82) is 0 Å². The molecule has 0 saturated carbocycles. The van der Waals surface area contributed by atoms with E-state index in [-0.39, 0.29) is 48.9 Å². The van der Waals surface area contributed by atoms with E-state index in [1.165, 1.54) is 28.0 Å². The largest absolute Gasteiger partial charge is 0.491 e. The van der Waals surface area contributed by atoms with Gasteiger partial charge in [-0.2, -0.15) is 0 Å². The number of carbonyl (C=O) groups is 3. The van der Waals surface area contributed by atoms with E-state index in [2.05, 4.69) is 0 Å². The molecule has 152 valence electrons. The Morgan fingerprint density at radius 1 is 1.04 bits per heavy atom. The van der Waals surface area contributed by atoms with Crippen LogP contribution in [0.25, 0.3) is 0 Å². The molecule has 0 aromatic heterocycles. The zero-order valence-corrected chi connectivity index (χ0v) is 16.3. The Bertz CT molecular complexity index is 770. The second-order valence-corrected chi connectivity index (χ2v) is 7.41. The van der Waals surface area contributed by atoms with E-state index >= 15 is 0 Å². The van der Waals surface area contributed by atoms with E-state index in [1.807, 2.05) is 0 Å². The monoisotopic (exact) mass is 391 g/mol. The topological polar surface area (TPSA) is 70.2 Å². The average Bonchev–Trinajstić information content (AvgIpc) is 3.14. The molecule has 2 heterocycles. The highest BCUT2D eigenvalue weighted by Crippen LogP contribution is 2.24. The maximum atomic E-state index is 13.8. The van der Waals surface area contributed by atoms with Crippen molar-refractivity contribution in [1.82, 2.24) is 14.7 Å². The minimum absolute atomic E-state index is 0.0336. The van der Waals surface area contributed by atoms with Gasteiger partial charge in [0.05, 0.1) is 18.2 Å². The number of rotatable bonds is 0. The summed E-state index contributed by atoms with van der Waals surface area (Å²) in [6.07, 6.45) is 2.33. The molecule has 0 radical (unpaired) electrons. The maximum absolute atomic E-state index is 13.8. The van der Waals surface area contributed by atoms with Crippen LogP contribution in [0.2, 0.25) is 0 Å². The molecule has 1 aromatic rings. The third kappa shape index (κ3) is 4.43. The molecule has 0 bridgehead atoms. The highest BCUT2D eigenvalue weighted by molar-refractivity contribution is 5.96. The van der Waals surface area contributed by atoms with Crippen molar-refractivity contribution in [3.8, 4) is 5.75 Å². The van der Waals surface area contributed by atoms with Gasteiger partial charge in [-0.05, 0) is 37.5 Å². The summed E-state index contributed by atoms with van der Waals surface area (Å²) in [6, 6.07) is 3.74. The van der Waals surface area contributed by atoms with Crippen molar-refractivity contribution in [3.05, 3.63) is 29.6 Å². The van der Waals surface area contributed by atoms with Crippen LogP contribution >= 0.6 is 0 Å². The Balaban J connectivity index is 1.88. The van der Waals surface area contributed by atoms with Gasteiger partial charge in [-0.15, -0.1) is 0 Å². The van der Waals surface area contributed by atoms with Gasteiger partial charge >= 0.3 is 0 Å². The molecule has 1 aromatic carbocycles. The van der Waals surface area contributed by atoms with Gasteiger partial charge in [0.15, 0.2) is 0 Å². The second-order valence-electron chi connectivity index (χ2n) is 7.41. The Kier molecular flexibility index (Phi) is 6.16. The lowest BCUT2D eigenvalue weighted by Gasteiger charge is -2.27. The van der Waals surface area contributed by atoms with Gasteiger partial charge in [-0.3, -0.25) is 14.4 Å². The van der Waals surface area contributed by atoms with E-state index in [9.17, 15) is 18.8 Å². The van der Waals surface area contributed by atoms with Crippen molar-refractivity contribution < 1.29 is 23.5 Å². The molecule has 0 aliphatic carbocycles. The number of halogens is 1.